The predicted molar refractivity (Wildman–Crippen MR) is 76.3 cm³/mol. The Morgan fingerprint density at radius 1 is 1.27 bits per heavy atom. The van der Waals surface area contributed by atoms with E-state index in [0.717, 1.165) is 0 Å². The van der Waals surface area contributed by atoms with Crippen LogP contribution < -0.4 is 0 Å². The summed E-state index contributed by atoms with van der Waals surface area (Å²) in [6.45, 7) is 0.332. The van der Waals surface area contributed by atoms with Crippen molar-refractivity contribution in [2.75, 3.05) is 7.11 Å². The fourth-order valence-electron chi connectivity index (χ4n) is 1.90. The molecule has 2 heterocycles. The maximum atomic E-state index is 13.1. The third-order valence-corrected chi connectivity index (χ3v) is 3.70. The van der Waals surface area contributed by atoms with Crippen LogP contribution in [0.15, 0.2) is 24.3 Å². The van der Waals surface area contributed by atoms with Gasteiger partial charge in [-0.3, -0.25) is 4.79 Å². The van der Waals surface area contributed by atoms with Gasteiger partial charge in [-0.15, -0.1) is 15.3 Å². The Morgan fingerprint density at radius 3 is 2.73 bits per heavy atom. The highest BCUT2D eigenvalue weighted by Gasteiger charge is 2.18. The maximum absolute atomic E-state index is 13.1. The second-order valence-electron chi connectivity index (χ2n) is 4.27. The molecule has 0 N–H and O–H groups in total. The molecule has 7 nitrogen and oxygen atoms in total. The summed E-state index contributed by atoms with van der Waals surface area (Å²) in [7, 11) is 1.56. The number of benzene rings is 1. The first kappa shape index (κ1) is 14.4. The zero-order valence-electron chi connectivity index (χ0n) is 11.4. The minimum absolute atomic E-state index is 0.148. The van der Waals surface area contributed by atoms with Crippen LogP contribution in [0.3, 0.4) is 0 Å². The van der Waals surface area contributed by atoms with Gasteiger partial charge in [0.15, 0.2) is 12.0 Å². The van der Waals surface area contributed by atoms with Gasteiger partial charge in [0.2, 0.25) is 5.13 Å². The summed E-state index contributed by atoms with van der Waals surface area (Å²) in [6, 6.07) is 5.71. The highest BCUT2D eigenvalue weighted by Crippen LogP contribution is 2.26. The molecule has 0 aliphatic heterocycles. The van der Waals surface area contributed by atoms with Gasteiger partial charge in [0.25, 0.3) is 0 Å². The van der Waals surface area contributed by atoms with Crippen molar-refractivity contribution in [1.29, 1.82) is 0 Å². The molecule has 0 radical (unpaired) electrons. The van der Waals surface area contributed by atoms with Crippen LogP contribution >= 0.6 is 11.3 Å². The van der Waals surface area contributed by atoms with Crippen LogP contribution in [0.4, 0.5) is 4.39 Å². The van der Waals surface area contributed by atoms with Crippen LogP contribution in [-0.4, -0.2) is 38.6 Å². The van der Waals surface area contributed by atoms with E-state index in [9.17, 15) is 9.18 Å². The molecule has 22 heavy (non-hydrogen) atoms. The molecule has 0 saturated carbocycles. The number of nitrogens with zero attached hydrogens (tertiary/aromatic N) is 5. The van der Waals surface area contributed by atoms with E-state index in [2.05, 4.69) is 20.5 Å². The minimum atomic E-state index is -0.367. The summed E-state index contributed by atoms with van der Waals surface area (Å²) >= 11 is 1.27. The van der Waals surface area contributed by atoms with Crippen LogP contribution in [-0.2, 0) is 11.3 Å². The minimum Gasteiger partial charge on any atom is -0.377 e. The van der Waals surface area contributed by atoms with Crippen LogP contribution in [0.5, 0.6) is 0 Å². The van der Waals surface area contributed by atoms with E-state index < -0.39 is 0 Å². The van der Waals surface area contributed by atoms with Crippen molar-refractivity contribution in [2.45, 2.75) is 6.61 Å². The van der Waals surface area contributed by atoms with Gasteiger partial charge in [-0.2, -0.15) is 4.68 Å². The summed E-state index contributed by atoms with van der Waals surface area (Å²) in [5.41, 5.74) is 1.20. The van der Waals surface area contributed by atoms with Crippen LogP contribution in [0.1, 0.15) is 15.5 Å². The summed E-state index contributed by atoms with van der Waals surface area (Å²) < 4.78 is 19.5. The molecule has 0 unspecified atom stereocenters. The van der Waals surface area contributed by atoms with Gasteiger partial charge < -0.3 is 4.74 Å². The fourth-order valence-corrected chi connectivity index (χ4v) is 2.66. The SMILES string of the molecule is COCc1nnc(-n2nnc(C=O)c2-c2ccc(F)cc2)s1. The lowest BCUT2D eigenvalue weighted by Gasteiger charge is -2.03. The molecule has 0 fully saturated rings. The molecule has 0 saturated heterocycles. The second kappa shape index (κ2) is 6.08. The number of hydrogen-bond acceptors (Lipinski definition) is 7. The Bertz CT molecular complexity index is 799. The van der Waals surface area contributed by atoms with E-state index in [0.29, 0.717) is 34.3 Å². The van der Waals surface area contributed by atoms with Gasteiger partial charge in [-0.25, -0.2) is 4.39 Å². The van der Waals surface area contributed by atoms with Crippen LogP contribution in [0, 0.1) is 5.82 Å². The number of ether oxygens (including phenoxy) is 1. The topological polar surface area (TPSA) is 82.8 Å². The molecule has 112 valence electrons. The third-order valence-electron chi connectivity index (χ3n) is 2.83. The van der Waals surface area contributed by atoms with Crippen molar-refractivity contribution in [2.24, 2.45) is 0 Å². The lowest BCUT2D eigenvalue weighted by molar-refractivity contribution is 0.111. The van der Waals surface area contributed by atoms with E-state index in [1.54, 1.807) is 19.2 Å². The zero-order chi connectivity index (χ0) is 15.5. The van der Waals surface area contributed by atoms with Crippen molar-refractivity contribution in [1.82, 2.24) is 25.2 Å². The largest absolute Gasteiger partial charge is 0.377 e. The van der Waals surface area contributed by atoms with Crippen molar-refractivity contribution in [3.05, 3.63) is 40.8 Å². The Kier molecular flexibility index (Phi) is 3.98. The number of rotatable bonds is 5. The Hall–Kier alpha value is -2.52. The molecule has 3 rings (SSSR count). The van der Waals surface area contributed by atoms with E-state index in [4.69, 9.17) is 4.74 Å². The summed E-state index contributed by atoms with van der Waals surface area (Å²) in [6.07, 6.45) is 0.597. The fraction of sp³-hybridized carbons (Fsp3) is 0.154. The molecular weight excluding hydrogens is 309 g/mol. The molecule has 0 aliphatic carbocycles. The summed E-state index contributed by atoms with van der Waals surface area (Å²) in [5, 5.41) is 16.9. The first-order valence-electron chi connectivity index (χ1n) is 6.21. The first-order valence-corrected chi connectivity index (χ1v) is 7.03. The standard InChI is InChI=1S/C13H10FN5O2S/c1-21-7-11-16-17-13(22-11)19-12(10(6-20)15-18-19)8-2-4-9(14)5-3-8/h2-6H,7H2,1H3. The smallest absolute Gasteiger partial charge is 0.234 e. The number of methoxy groups -OCH3 is 1. The van der Waals surface area contributed by atoms with E-state index in [1.807, 2.05) is 0 Å². The average molecular weight is 319 g/mol. The third kappa shape index (κ3) is 2.63. The van der Waals surface area contributed by atoms with Gasteiger partial charge in [0, 0.05) is 12.7 Å². The highest BCUT2D eigenvalue weighted by atomic mass is 32.1. The zero-order valence-corrected chi connectivity index (χ0v) is 12.2. The average Bonchev–Trinajstić information content (AvgIpc) is 3.14. The van der Waals surface area contributed by atoms with Crippen molar-refractivity contribution in [3.63, 3.8) is 0 Å². The van der Waals surface area contributed by atoms with Crippen molar-refractivity contribution in [3.8, 4) is 16.4 Å². The molecule has 0 bridgehead atoms. The molecule has 9 heteroatoms. The van der Waals surface area contributed by atoms with E-state index >= 15 is 0 Å². The molecular formula is C13H10FN5O2S. The van der Waals surface area contributed by atoms with Crippen LogP contribution in [0.25, 0.3) is 16.4 Å². The second-order valence-corrected chi connectivity index (χ2v) is 5.31. The summed E-state index contributed by atoms with van der Waals surface area (Å²) in [5.74, 6) is -0.367. The highest BCUT2D eigenvalue weighted by molar-refractivity contribution is 7.13. The Balaban J connectivity index is 2.10. The van der Waals surface area contributed by atoms with Gasteiger partial charge in [-0.05, 0) is 24.3 Å². The first-order chi connectivity index (χ1) is 10.7. The van der Waals surface area contributed by atoms with E-state index in [-0.39, 0.29) is 11.5 Å². The quantitative estimate of drug-likeness (QED) is 0.668. The number of hydrogen-bond donors (Lipinski definition) is 0. The molecule has 0 amide bonds. The molecule has 1 aromatic carbocycles. The molecule has 2 aromatic heterocycles. The number of carbonyl (C=O) groups is 1. The van der Waals surface area contributed by atoms with Gasteiger partial charge >= 0.3 is 0 Å². The van der Waals surface area contributed by atoms with Gasteiger partial charge in [-0.1, -0.05) is 16.6 Å². The van der Waals surface area contributed by atoms with Gasteiger partial charge in [0.05, 0.1) is 0 Å². The molecule has 0 spiro atoms. The lowest BCUT2D eigenvalue weighted by atomic mass is 10.1. The molecule has 3 aromatic rings. The van der Waals surface area contributed by atoms with Gasteiger partial charge in [0.1, 0.15) is 23.1 Å². The summed E-state index contributed by atoms with van der Waals surface area (Å²) in [4.78, 5) is 11.2. The molecule has 0 atom stereocenters. The lowest BCUT2D eigenvalue weighted by Crippen LogP contribution is -1.99. The van der Waals surface area contributed by atoms with Crippen molar-refractivity contribution < 1.29 is 13.9 Å². The Labute approximate surface area is 128 Å². The number of aldehydes is 1. The van der Waals surface area contributed by atoms with Crippen molar-refractivity contribution >= 4 is 17.6 Å². The number of halogens is 1. The molecule has 0 aliphatic rings. The Morgan fingerprint density at radius 2 is 2.05 bits per heavy atom. The van der Waals surface area contributed by atoms with Crippen LogP contribution in [0.2, 0.25) is 0 Å². The predicted octanol–water partition coefficient (Wildman–Crippen LogP) is 1.88. The number of carbonyl (C=O) groups excluding carboxylic acids is 1. The monoisotopic (exact) mass is 319 g/mol. The number of aromatic nitrogens is 5. The maximum Gasteiger partial charge on any atom is 0.234 e. The normalized spacial score (nSPS) is 10.8. The van der Waals surface area contributed by atoms with E-state index in [1.165, 1.54) is 28.2 Å².